The van der Waals surface area contributed by atoms with Gasteiger partial charge in [0.25, 0.3) is 11.5 Å². The number of H-pyrrole nitrogens is 2. The third-order valence-corrected chi connectivity index (χ3v) is 6.61. The molecule has 0 saturated heterocycles. The first kappa shape index (κ1) is 19.7. The van der Waals surface area contributed by atoms with Crippen LogP contribution in [-0.2, 0) is 13.0 Å². The SMILES string of the molecule is Cc1ccc(C(=O)NC2CC2)cc1-c1ccc2c(N3CCc4c([nH][nH]c4=O)C3)nncc2c1. The van der Waals surface area contributed by atoms with Gasteiger partial charge >= 0.3 is 0 Å². The van der Waals surface area contributed by atoms with Crippen molar-refractivity contribution in [2.24, 2.45) is 0 Å². The molecule has 6 rings (SSSR count). The average Bonchev–Trinajstić information content (AvgIpc) is 3.58. The van der Waals surface area contributed by atoms with Gasteiger partial charge in [0, 0.05) is 34.5 Å². The number of carbonyl (C=O) groups is 1. The fourth-order valence-electron chi connectivity index (χ4n) is 4.56. The fourth-order valence-corrected chi connectivity index (χ4v) is 4.56. The quantitative estimate of drug-likeness (QED) is 0.452. The third-order valence-electron chi connectivity index (χ3n) is 6.61. The van der Waals surface area contributed by atoms with E-state index in [1.807, 2.05) is 18.2 Å². The summed E-state index contributed by atoms with van der Waals surface area (Å²) in [4.78, 5) is 26.6. The number of hydrogen-bond acceptors (Lipinski definition) is 5. The Hall–Kier alpha value is -3.94. The Morgan fingerprint density at radius 2 is 2.03 bits per heavy atom. The van der Waals surface area contributed by atoms with E-state index in [1.165, 1.54) is 0 Å². The first-order valence-electron chi connectivity index (χ1n) is 11.3. The monoisotopic (exact) mass is 440 g/mol. The molecule has 1 saturated carbocycles. The number of aromatic nitrogens is 4. The number of carbonyl (C=O) groups excluding carboxylic acids is 1. The van der Waals surface area contributed by atoms with E-state index < -0.39 is 0 Å². The number of rotatable bonds is 4. The number of aryl methyl sites for hydroxylation is 1. The summed E-state index contributed by atoms with van der Waals surface area (Å²) in [6.07, 6.45) is 4.57. The van der Waals surface area contributed by atoms with Crippen LogP contribution >= 0.6 is 0 Å². The molecule has 2 aliphatic rings. The molecule has 3 heterocycles. The average molecular weight is 441 g/mol. The number of aromatic amines is 2. The summed E-state index contributed by atoms with van der Waals surface area (Å²) in [7, 11) is 0. The van der Waals surface area contributed by atoms with Gasteiger partial charge in [-0.15, -0.1) is 5.10 Å². The lowest BCUT2D eigenvalue weighted by Crippen LogP contribution is -2.32. The van der Waals surface area contributed by atoms with E-state index in [0.29, 0.717) is 31.1 Å². The number of nitrogens with one attached hydrogen (secondary N) is 3. The molecule has 3 N–H and O–H groups in total. The van der Waals surface area contributed by atoms with Crippen LogP contribution in [0.25, 0.3) is 21.9 Å². The first-order valence-corrected chi connectivity index (χ1v) is 11.3. The summed E-state index contributed by atoms with van der Waals surface area (Å²) in [5.41, 5.74) is 5.55. The van der Waals surface area contributed by atoms with Crippen molar-refractivity contribution < 1.29 is 4.79 Å². The summed E-state index contributed by atoms with van der Waals surface area (Å²) in [6.45, 7) is 3.35. The lowest BCUT2D eigenvalue weighted by atomic mass is 9.96. The van der Waals surface area contributed by atoms with Crippen LogP contribution in [-0.4, -0.2) is 38.9 Å². The minimum Gasteiger partial charge on any atom is -0.349 e. The summed E-state index contributed by atoms with van der Waals surface area (Å²) in [6, 6.07) is 12.4. The zero-order valence-electron chi connectivity index (χ0n) is 18.3. The fraction of sp³-hybridized carbons (Fsp3) is 0.280. The van der Waals surface area contributed by atoms with Crippen LogP contribution in [0.5, 0.6) is 0 Å². The van der Waals surface area contributed by atoms with Crippen LogP contribution in [0.15, 0.2) is 47.4 Å². The van der Waals surface area contributed by atoms with Crippen LogP contribution in [0.2, 0.25) is 0 Å². The Morgan fingerprint density at radius 3 is 2.88 bits per heavy atom. The molecule has 0 radical (unpaired) electrons. The number of nitrogens with zero attached hydrogens (tertiary/aromatic N) is 3. The number of hydrogen-bond donors (Lipinski definition) is 3. The van der Waals surface area contributed by atoms with Crippen LogP contribution in [0.4, 0.5) is 5.82 Å². The smallest absolute Gasteiger partial charge is 0.267 e. The maximum absolute atomic E-state index is 12.6. The number of benzene rings is 2. The van der Waals surface area contributed by atoms with Gasteiger partial charge in [-0.25, -0.2) is 0 Å². The molecule has 0 spiro atoms. The van der Waals surface area contributed by atoms with E-state index in [0.717, 1.165) is 57.4 Å². The lowest BCUT2D eigenvalue weighted by molar-refractivity contribution is 0.0951. The molecule has 2 aromatic carbocycles. The molecule has 4 aromatic rings. The van der Waals surface area contributed by atoms with E-state index in [-0.39, 0.29) is 11.5 Å². The van der Waals surface area contributed by atoms with Crippen LogP contribution in [0, 0.1) is 6.92 Å². The van der Waals surface area contributed by atoms with Crippen LogP contribution < -0.4 is 15.8 Å². The molecule has 8 nitrogen and oxygen atoms in total. The molecule has 0 unspecified atom stereocenters. The highest BCUT2D eigenvalue weighted by Gasteiger charge is 2.25. The highest BCUT2D eigenvalue weighted by atomic mass is 16.1. The molecule has 0 bridgehead atoms. The van der Waals surface area contributed by atoms with Crippen molar-refractivity contribution in [3.63, 3.8) is 0 Å². The van der Waals surface area contributed by atoms with Crippen molar-refractivity contribution in [3.05, 3.63) is 75.3 Å². The highest BCUT2D eigenvalue weighted by molar-refractivity contribution is 5.98. The topological polar surface area (TPSA) is 107 Å². The Bertz CT molecular complexity index is 1450. The van der Waals surface area contributed by atoms with Crippen LogP contribution in [0.1, 0.15) is 40.0 Å². The Balaban J connectivity index is 1.35. The third kappa shape index (κ3) is 3.57. The summed E-state index contributed by atoms with van der Waals surface area (Å²) < 4.78 is 0. The zero-order valence-corrected chi connectivity index (χ0v) is 18.3. The molecule has 33 heavy (non-hydrogen) atoms. The largest absolute Gasteiger partial charge is 0.349 e. The summed E-state index contributed by atoms with van der Waals surface area (Å²) in [5.74, 6) is 0.793. The molecule has 1 aliphatic carbocycles. The van der Waals surface area contributed by atoms with Gasteiger partial charge in [-0.1, -0.05) is 12.1 Å². The summed E-state index contributed by atoms with van der Waals surface area (Å²) >= 11 is 0. The van der Waals surface area contributed by atoms with Crippen molar-refractivity contribution >= 4 is 22.5 Å². The minimum absolute atomic E-state index is 0.0139. The molecular formula is C25H24N6O2. The van der Waals surface area contributed by atoms with Gasteiger partial charge in [0.15, 0.2) is 5.82 Å². The molecule has 8 heteroatoms. The second-order valence-corrected chi connectivity index (χ2v) is 8.96. The highest BCUT2D eigenvalue weighted by Crippen LogP contribution is 2.32. The van der Waals surface area contributed by atoms with Gasteiger partial charge in [-0.05, 0) is 67.1 Å². The van der Waals surface area contributed by atoms with E-state index in [4.69, 9.17) is 0 Å². The Morgan fingerprint density at radius 1 is 1.15 bits per heavy atom. The van der Waals surface area contributed by atoms with E-state index in [2.05, 4.69) is 55.7 Å². The van der Waals surface area contributed by atoms with Gasteiger partial charge in [0.2, 0.25) is 0 Å². The van der Waals surface area contributed by atoms with Crippen molar-refractivity contribution in [3.8, 4) is 11.1 Å². The molecule has 2 aromatic heterocycles. The zero-order chi connectivity index (χ0) is 22.5. The molecule has 0 atom stereocenters. The number of fused-ring (bicyclic) bond motifs is 2. The Kier molecular flexibility index (Phi) is 4.53. The van der Waals surface area contributed by atoms with Gasteiger partial charge < -0.3 is 15.3 Å². The molecular weight excluding hydrogens is 416 g/mol. The van der Waals surface area contributed by atoms with E-state index in [1.54, 1.807) is 6.20 Å². The van der Waals surface area contributed by atoms with Gasteiger partial charge in [0.1, 0.15) is 0 Å². The predicted molar refractivity (Wildman–Crippen MR) is 126 cm³/mol. The lowest BCUT2D eigenvalue weighted by Gasteiger charge is -2.27. The van der Waals surface area contributed by atoms with Gasteiger partial charge in [0.05, 0.1) is 18.4 Å². The second-order valence-electron chi connectivity index (χ2n) is 8.96. The van der Waals surface area contributed by atoms with E-state index >= 15 is 0 Å². The Labute approximate surface area is 190 Å². The molecule has 1 fully saturated rings. The molecule has 166 valence electrons. The normalized spacial score (nSPS) is 15.5. The minimum atomic E-state index is -0.0401. The molecule has 1 aliphatic heterocycles. The first-order chi connectivity index (χ1) is 16.1. The van der Waals surface area contributed by atoms with Crippen molar-refractivity contribution in [1.29, 1.82) is 0 Å². The second kappa shape index (κ2) is 7.58. The van der Waals surface area contributed by atoms with Crippen molar-refractivity contribution in [2.75, 3.05) is 11.4 Å². The predicted octanol–water partition coefficient (Wildman–Crippen LogP) is 3.08. The van der Waals surface area contributed by atoms with Crippen LogP contribution in [0.3, 0.4) is 0 Å². The van der Waals surface area contributed by atoms with Gasteiger partial charge in [-0.3, -0.25) is 14.7 Å². The molecule has 1 amide bonds. The maximum Gasteiger partial charge on any atom is 0.267 e. The standard InChI is InChI=1S/C25H24N6O2/c1-14-2-3-16(24(32)27-18-5-6-18)11-21(14)15-4-7-19-17(10-15)12-26-29-23(19)31-9-8-20-22(13-31)28-30-25(20)33/h2-4,7,10-12,18H,5-6,8-9,13H2,1H3,(H,27,32)(H2,28,30,33). The van der Waals surface area contributed by atoms with Gasteiger partial charge in [-0.2, -0.15) is 5.10 Å². The van der Waals surface area contributed by atoms with Crippen molar-refractivity contribution in [1.82, 2.24) is 25.7 Å². The van der Waals surface area contributed by atoms with E-state index in [9.17, 15) is 9.59 Å². The van der Waals surface area contributed by atoms with Crippen molar-refractivity contribution in [2.45, 2.75) is 38.8 Å². The number of amides is 1. The summed E-state index contributed by atoms with van der Waals surface area (Å²) in [5, 5.41) is 19.4. The maximum atomic E-state index is 12.6. The number of anilines is 1.